The number of hydrogen-bond donors (Lipinski definition) is 2. The maximum Gasteiger partial charge on any atom is 0.0894 e. The van der Waals surface area contributed by atoms with Crippen LogP contribution in [0.1, 0.15) is 27.2 Å². The fourth-order valence-electron chi connectivity index (χ4n) is 0.995. The van der Waals surface area contributed by atoms with Gasteiger partial charge in [0.05, 0.1) is 5.76 Å². The molecule has 2 nitrogen and oxygen atoms in total. The summed E-state index contributed by atoms with van der Waals surface area (Å²) < 4.78 is 0. The predicted molar refractivity (Wildman–Crippen MR) is 53.3 cm³/mol. The minimum absolute atomic E-state index is 0.369. The SMILES string of the molecule is CC/C(C)=C(/C=C(\C)O)CNC. The van der Waals surface area contributed by atoms with Gasteiger partial charge >= 0.3 is 0 Å². The van der Waals surface area contributed by atoms with E-state index in [0.29, 0.717) is 5.76 Å². The van der Waals surface area contributed by atoms with Crippen LogP contribution in [0.2, 0.25) is 0 Å². The van der Waals surface area contributed by atoms with E-state index in [1.165, 1.54) is 11.1 Å². The molecule has 0 radical (unpaired) electrons. The average molecular weight is 169 g/mol. The molecule has 12 heavy (non-hydrogen) atoms. The number of allylic oxidation sites excluding steroid dienone is 2. The standard InChI is InChI=1S/C10H19NO/c1-5-8(2)10(7-11-4)6-9(3)12/h6,11-12H,5,7H2,1-4H3/b9-6+,10-8-. The van der Waals surface area contributed by atoms with Crippen molar-refractivity contribution in [1.29, 1.82) is 0 Å². The molecule has 0 saturated carbocycles. The normalized spacial score (nSPS) is 14.5. The van der Waals surface area contributed by atoms with Gasteiger partial charge in [-0.2, -0.15) is 0 Å². The summed E-state index contributed by atoms with van der Waals surface area (Å²) in [6.45, 7) is 6.72. The van der Waals surface area contributed by atoms with Crippen LogP contribution in [0, 0.1) is 0 Å². The summed E-state index contributed by atoms with van der Waals surface area (Å²) in [5.74, 6) is 0.369. The lowest BCUT2D eigenvalue weighted by Crippen LogP contribution is -2.10. The zero-order valence-corrected chi connectivity index (χ0v) is 8.44. The highest BCUT2D eigenvalue weighted by Gasteiger charge is 1.97. The number of likely N-dealkylation sites (N-methyl/N-ethyl adjacent to an activating group) is 1. The zero-order valence-electron chi connectivity index (χ0n) is 8.44. The average Bonchev–Trinajstić information content (AvgIpc) is 2.01. The van der Waals surface area contributed by atoms with Crippen LogP contribution in [-0.2, 0) is 0 Å². The minimum atomic E-state index is 0.369. The molecule has 2 N–H and O–H groups in total. The Labute approximate surface area is 75.0 Å². The van der Waals surface area contributed by atoms with Gasteiger partial charge in [0, 0.05) is 6.54 Å². The lowest BCUT2D eigenvalue weighted by Gasteiger charge is -2.06. The summed E-state index contributed by atoms with van der Waals surface area (Å²) in [5, 5.41) is 12.2. The van der Waals surface area contributed by atoms with Gasteiger partial charge in [0.15, 0.2) is 0 Å². The highest BCUT2D eigenvalue weighted by molar-refractivity contribution is 5.26. The first-order valence-corrected chi connectivity index (χ1v) is 4.32. The molecule has 2 heteroatoms. The molecule has 0 aromatic rings. The van der Waals surface area contributed by atoms with Crippen LogP contribution < -0.4 is 5.32 Å². The molecule has 0 aliphatic rings. The second-order valence-corrected chi connectivity index (χ2v) is 2.98. The van der Waals surface area contributed by atoms with Crippen molar-refractivity contribution in [3.05, 3.63) is 23.0 Å². The van der Waals surface area contributed by atoms with E-state index >= 15 is 0 Å². The van der Waals surface area contributed by atoms with Gasteiger partial charge in [0.1, 0.15) is 0 Å². The van der Waals surface area contributed by atoms with Crippen LogP contribution in [0.5, 0.6) is 0 Å². The Hall–Kier alpha value is -0.760. The van der Waals surface area contributed by atoms with Gasteiger partial charge < -0.3 is 10.4 Å². The van der Waals surface area contributed by atoms with Crippen LogP contribution in [0.3, 0.4) is 0 Å². The number of aliphatic hydroxyl groups is 1. The van der Waals surface area contributed by atoms with Gasteiger partial charge in [0.2, 0.25) is 0 Å². The molecular formula is C10H19NO. The topological polar surface area (TPSA) is 32.3 Å². The molecule has 0 fully saturated rings. The van der Waals surface area contributed by atoms with Gasteiger partial charge in [-0.05, 0) is 39.0 Å². The van der Waals surface area contributed by atoms with Crippen LogP contribution in [0.25, 0.3) is 0 Å². The van der Waals surface area contributed by atoms with Crippen molar-refractivity contribution < 1.29 is 5.11 Å². The maximum absolute atomic E-state index is 9.09. The van der Waals surface area contributed by atoms with Crippen molar-refractivity contribution in [2.75, 3.05) is 13.6 Å². The molecule has 0 heterocycles. The fraction of sp³-hybridized carbons (Fsp3) is 0.600. The molecule has 0 aliphatic carbocycles. The van der Waals surface area contributed by atoms with Crippen molar-refractivity contribution >= 4 is 0 Å². The largest absolute Gasteiger partial charge is 0.513 e. The summed E-state index contributed by atoms with van der Waals surface area (Å²) in [4.78, 5) is 0. The molecular weight excluding hydrogens is 150 g/mol. The Kier molecular flexibility index (Phi) is 5.47. The molecule has 0 spiro atoms. The highest BCUT2D eigenvalue weighted by Crippen LogP contribution is 2.09. The van der Waals surface area contributed by atoms with E-state index < -0.39 is 0 Å². The van der Waals surface area contributed by atoms with E-state index in [-0.39, 0.29) is 0 Å². The molecule has 0 bridgehead atoms. The van der Waals surface area contributed by atoms with Crippen molar-refractivity contribution in [2.24, 2.45) is 0 Å². The lowest BCUT2D eigenvalue weighted by molar-refractivity contribution is 0.413. The van der Waals surface area contributed by atoms with Crippen molar-refractivity contribution in [2.45, 2.75) is 27.2 Å². The molecule has 0 aliphatic heterocycles. The minimum Gasteiger partial charge on any atom is -0.513 e. The molecule has 70 valence electrons. The zero-order chi connectivity index (χ0) is 9.56. The quantitative estimate of drug-likeness (QED) is 0.500. The molecule has 0 amide bonds. The lowest BCUT2D eigenvalue weighted by atomic mass is 10.1. The van der Waals surface area contributed by atoms with Crippen LogP contribution in [-0.4, -0.2) is 18.7 Å². The van der Waals surface area contributed by atoms with E-state index in [1.807, 2.05) is 13.1 Å². The Morgan fingerprint density at radius 3 is 2.33 bits per heavy atom. The van der Waals surface area contributed by atoms with Crippen LogP contribution in [0.15, 0.2) is 23.0 Å². The first-order valence-electron chi connectivity index (χ1n) is 4.32. The first-order chi connectivity index (χ1) is 5.61. The summed E-state index contributed by atoms with van der Waals surface area (Å²) in [7, 11) is 1.91. The smallest absolute Gasteiger partial charge is 0.0894 e. The Morgan fingerprint density at radius 2 is 2.00 bits per heavy atom. The number of nitrogens with one attached hydrogen (secondary N) is 1. The van der Waals surface area contributed by atoms with Crippen LogP contribution >= 0.6 is 0 Å². The predicted octanol–water partition coefficient (Wildman–Crippen LogP) is 2.39. The Balaban J connectivity index is 4.54. The van der Waals surface area contributed by atoms with Crippen molar-refractivity contribution in [3.63, 3.8) is 0 Å². The summed E-state index contributed by atoms with van der Waals surface area (Å²) in [6.07, 6.45) is 2.84. The summed E-state index contributed by atoms with van der Waals surface area (Å²) in [6, 6.07) is 0. The van der Waals surface area contributed by atoms with E-state index in [0.717, 1.165) is 13.0 Å². The number of hydrogen-bond acceptors (Lipinski definition) is 2. The summed E-state index contributed by atoms with van der Waals surface area (Å²) in [5.41, 5.74) is 2.50. The second-order valence-electron chi connectivity index (χ2n) is 2.98. The number of aliphatic hydroxyl groups excluding tert-OH is 1. The van der Waals surface area contributed by atoms with E-state index in [4.69, 9.17) is 5.11 Å². The van der Waals surface area contributed by atoms with E-state index in [1.54, 1.807) is 6.92 Å². The van der Waals surface area contributed by atoms with Gasteiger partial charge in [-0.3, -0.25) is 0 Å². The van der Waals surface area contributed by atoms with E-state index in [9.17, 15) is 0 Å². The van der Waals surface area contributed by atoms with Gasteiger partial charge in [-0.15, -0.1) is 0 Å². The Bertz CT molecular complexity index is 188. The van der Waals surface area contributed by atoms with Crippen LogP contribution in [0.4, 0.5) is 0 Å². The molecule has 0 aromatic heterocycles. The summed E-state index contributed by atoms with van der Waals surface area (Å²) >= 11 is 0. The third kappa shape index (κ3) is 4.19. The first kappa shape index (κ1) is 11.2. The molecule has 0 unspecified atom stereocenters. The fourth-order valence-corrected chi connectivity index (χ4v) is 0.995. The van der Waals surface area contributed by atoms with E-state index in [2.05, 4.69) is 19.2 Å². The monoisotopic (exact) mass is 169 g/mol. The van der Waals surface area contributed by atoms with Gasteiger partial charge in [-0.1, -0.05) is 12.5 Å². The highest BCUT2D eigenvalue weighted by atomic mass is 16.3. The second kappa shape index (κ2) is 5.84. The molecule has 0 aromatic carbocycles. The third-order valence-corrected chi connectivity index (χ3v) is 1.83. The van der Waals surface area contributed by atoms with Crippen molar-refractivity contribution in [3.8, 4) is 0 Å². The number of rotatable bonds is 4. The molecule has 0 atom stereocenters. The van der Waals surface area contributed by atoms with Gasteiger partial charge in [-0.25, -0.2) is 0 Å². The molecule has 0 saturated heterocycles. The molecule has 0 rings (SSSR count). The maximum atomic E-state index is 9.09. The van der Waals surface area contributed by atoms with Gasteiger partial charge in [0.25, 0.3) is 0 Å². The third-order valence-electron chi connectivity index (χ3n) is 1.83. The van der Waals surface area contributed by atoms with Crippen molar-refractivity contribution in [1.82, 2.24) is 5.32 Å². The Morgan fingerprint density at radius 1 is 1.42 bits per heavy atom.